The maximum atomic E-state index is 12.4. The first-order valence-corrected chi connectivity index (χ1v) is 6.93. The Balaban J connectivity index is 2.00. The molecular formula is C16H17N3O4. The average Bonchev–Trinajstić information content (AvgIpc) is 2.54. The van der Waals surface area contributed by atoms with Gasteiger partial charge in [0, 0.05) is 19.8 Å². The number of amides is 1. The molecule has 0 fully saturated rings. The molecule has 0 spiro atoms. The first-order valence-electron chi connectivity index (χ1n) is 6.93. The third kappa shape index (κ3) is 4.50. The molecule has 1 aromatic carbocycles. The number of aliphatic carboxylic acids is 1. The Morgan fingerprint density at radius 2 is 1.96 bits per heavy atom. The fourth-order valence-corrected chi connectivity index (χ4v) is 1.99. The molecule has 2 rings (SSSR count). The topological polar surface area (TPSA) is 92.6 Å². The van der Waals surface area contributed by atoms with E-state index < -0.39 is 5.97 Å². The molecule has 7 nitrogen and oxygen atoms in total. The minimum absolute atomic E-state index is 0.158. The lowest BCUT2D eigenvalue weighted by atomic mass is 10.1. The van der Waals surface area contributed by atoms with Crippen LogP contribution >= 0.6 is 0 Å². The summed E-state index contributed by atoms with van der Waals surface area (Å²) in [5, 5.41) is 8.56. The van der Waals surface area contributed by atoms with Crippen molar-refractivity contribution in [3.63, 3.8) is 0 Å². The van der Waals surface area contributed by atoms with Gasteiger partial charge in [0.2, 0.25) is 0 Å². The Labute approximate surface area is 133 Å². The van der Waals surface area contributed by atoms with Gasteiger partial charge in [0.05, 0.1) is 11.3 Å². The molecule has 0 atom stereocenters. The maximum absolute atomic E-state index is 12.4. The van der Waals surface area contributed by atoms with Gasteiger partial charge in [-0.25, -0.2) is 14.8 Å². The standard InChI is InChI=1S/C16H17N3O4/c1-11-14(7-17-10-18-11)16(22)19(2)8-12-3-5-13(6-4-12)23-9-15(20)21/h3-7,10H,8-9H2,1-2H3,(H,20,21). The van der Waals surface area contributed by atoms with E-state index in [1.54, 1.807) is 43.1 Å². The lowest BCUT2D eigenvalue weighted by Gasteiger charge is -2.18. The maximum Gasteiger partial charge on any atom is 0.341 e. The second kappa shape index (κ2) is 7.35. The molecular weight excluding hydrogens is 298 g/mol. The summed E-state index contributed by atoms with van der Waals surface area (Å²) in [5.74, 6) is -0.716. The highest BCUT2D eigenvalue weighted by Crippen LogP contribution is 2.14. The number of carbonyl (C=O) groups excluding carboxylic acids is 1. The van der Waals surface area contributed by atoms with Gasteiger partial charge in [0.15, 0.2) is 6.61 Å². The van der Waals surface area contributed by atoms with E-state index >= 15 is 0 Å². The Hall–Kier alpha value is -2.96. The first kappa shape index (κ1) is 16.4. The third-order valence-corrected chi connectivity index (χ3v) is 3.19. The number of nitrogens with zero attached hydrogens (tertiary/aromatic N) is 3. The second-order valence-electron chi connectivity index (χ2n) is 5.01. The van der Waals surface area contributed by atoms with Gasteiger partial charge in [0.1, 0.15) is 12.1 Å². The van der Waals surface area contributed by atoms with Crippen molar-refractivity contribution < 1.29 is 19.4 Å². The minimum atomic E-state index is -1.03. The van der Waals surface area contributed by atoms with Crippen molar-refractivity contribution in [2.24, 2.45) is 0 Å². The summed E-state index contributed by atoms with van der Waals surface area (Å²) in [4.78, 5) is 32.3. The predicted molar refractivity (Wildman–Crippen MR) is 82.1 cm³/mol. The molecule has 1 aromatic heterocycles. The zero-order valence-electron chi connectivity index (χ0n) is 12.9. The molecule has 1 amide bonds. The van der Waals surface area contributed by atoms with Crippen LogP contribution in [0, 0.1) is 6.92 Å². The van der Waals surface area contributed by atoms with Gasteiger partial charge >= 0.3 is 5.97 Å². The van der Waals surface area contributed by atoms with Crippen molar-refractivity contribution in [1.29, 1.82) is 0 Å². The fourth-order valence-electron chi connectivity index (χ4n) is 1.99. The Bertz CT molecular complexity index is 701. The molecule has 0 aliphatic rings. The number of hydrogen-bond donors (Lipinski definition) is 1. The van der Waals surface area contributed by atoms with Crippen molar-refractivity contribution in [3.05, 3.63) is 53.6 Å². The summed E-state index contributed by atoms with van der Waals surface area (Å²) in [6.07, 6.45) is 2.91. The molecule has 1 N–H and O–H groups in total. The molecule has 23 heavy (non-hydrogen) atoms. The van der Waals surface area contributed by atoms with Gasteiger partial charge in [-0.3, -0.25) is 4.79 Å². The van der Waals surface area contributed by atoms with E-state index in [0.717, 1.165) is 5.56 Å². The van der Waals surface area contributed by atoms with Crippen molar-refractivity contribution >= 4 is 11.9 Å². The monoisotopic (exact) mass is 315 g/mol. The highest BCUT2D eigenvalue weighted by atomic mass is 16.5. The van der Waals surface area contributed by atoms with Gasteiger partial charge in [-0.2, -0.15) is 0 Å². The number of hydrogen-bond acceptors (Lipinski definition) is 5. The number of benzene rings is 1. The van der Waals surface area contributed by atoms with E-state index in [0.29, 0.717) is 23.6 Å². The zero-order valence-corrected chi connectivity index (χ0v) is 12.9. The SMILES string of the molecule is Cc1ncncc1C(=O)N(C)Cc1ccc(OCC(=O)O)cc1. The number of carboxylic acids is 1. The van der Waals surface area contributed by atoms with Crippen LogP contribution in [-0.4, -0.2) is 45.5 Å². The van der Waals surface area contributed by atoms with E-state index in [1.165, 1.54) is 12.5 Å². The summed E-state index contributed by atoms with van der Waals surface area (Å²) >= 11 is 0. The Morgan fingerprint density at radius 1 is 1.26 bits per heavy atom. The molecule has 1 heterocycles. The number of ether oxygens (including phenoxy) is 1. The van der Waals surface area contributed by atoms with Crippen LogP contribution in [0.1, 0.15) is 21.6 Å². The number of carboxylic acid groups (broad SMARTS) is 1. The van der Waals surface area contributed by atoms with E-state index in [2.05, 4.69) is 9.97 Å². The fraction of sp³-hybridized carbons (Fsp3) is 0.250. The van der Waals surface area contributed by atoms with Crippen molar-refractivity contribution in [2.45, 2.75) is 13.5 Å². The number of carbonyl (C=O) groups is 2. The van der Waals surface area contributed by atoms with Gasteiger partial charge < -0.3 is 14.7 Å². The average molecular weight is 315 g/mol. The molecule has 0 saturated heterocycles. The van der Waals surface area contributed by atoms with E-state index in [1.807, 2.05) is 0 Å². The summed E-state index contributed by atoms with van der Waals surface area (Å²) in [6.45, 7) is 1.79. The van der Waals surface area contributed by atoms with E-state index in [-0.39, 0.29) is 12.5 Å². The molecule has 7 heteroatoms. The van der Waals surface area contributed by atoms with Crippen LogP contribution in [0.4, 0.5) is 0 Å². The molecule has 0 saturated carbocycles. The summed E-state index contributed by atoms with van der Waals surface area (Å²) in [5.41, 5.74) is 2.00. The normalized spacial score (nSPS) is 10.2. The first-order chi connectivity index (χ1) is 11.0. The second-order valence-corrected chi connectivity index (χ2v) is 5.01. The molecule has 120 valence electrons. The Kier molecular flexibility index (Phi) is 5.24. The molecule has 0 radical (unpaired) electrons. The van der Waals surface area contributed by atoms with Crippen LogP contribution in [0.15, 0.2) is 36.8 Å². The molecule has 0 bridgehead atoms. The molecule has 0 unspecified atom stereocenters. The highest BCUT2D eigenvalue weighted by Gasteiger charge is 2.15. The van der Waals surface area contributed by atoms with Gasteiger partial charge in [0.25, 0.3) is 5.91 Å². The van der Waals surface area contributed by atoms with Crippen LogP contribution in [0.2, 0.25) is 0 Å². The van der Waals surface area contributed by atoms with Crippen LogP contribution in [0.3, 0.4) is 0 Å². The van der Waals surface area contributed by atoms with Gasteiger partial charge in [-0.05, 0) is 24.6 Å². The summed E-state index contributed by atoms with van der Waals surface area (Å²) < 4.78 is 5.06. The highest BCUT2D eigenvalue weighted by molar-refractivity contribution is 5.94. The van der Waals surface area contributed by atoms with E-state index in [4.69, 9.17) is 9.84 Å². The van der Waals surface area contributed by atoms with Crippen molar-refractivity contribution in [1.82, 2.24) is 14.9 Å². The zero-order chi connectivity index (χ0) is 16.8. The molecule has 0 aliphatic heterocycles. The summed E-state index contributed by atoms with van der Waals surface area (Å²) in [7, 11) is 1.70. The minimum Gasteiger partial charge on any atom is -0.482 e. The number of aryl methyl sites for hydroxylation is 1. The van der Waals surface area contributed by atoms with E-state index in [9.17, 15) is 9.59 Å². The quantitative estimate of drug-likeness (QED) is 0.869. The third-order valence-electron chi connectivity index (χ3n) is 3.19. The number of aromatic nitrogens is 2. The molecule has 0 aliphatic carbocycles. The molecule has 2 aromatic rings. The largest absolute Gasteiger partial charge is 0.482 e. The van der Waals surface area contributed by atoms with Crippen LogP contribution in [0.5, 0.6) is 5.75 Å². The van der Waals surface area contributed by atoms with Crippen LogP contribution < -0.4 is 4.74 Å². The Morgan fingerprint density at radius 3 is 2.57 bits per heavy atom. The van der Waals surface area contributed by atoms with Crippen molar-refractivity contribution in [2.75, 3.05) is 13.7 Å². The van der Waals surface area contributed by atoms with Crippen LogP contribution in [-0.2, 0) is 11.3 Å². The number of rotatable bonds is 6. The van der Waals surface area contributed by atoms with Crippen LogP contribution in [0.25, 0.3) is 0 Å². The smallest absolute Gasteiger partial charge is 0.341 e. The lowest BCUT2D eigenvalue weighted by molar-refractivity contribution is -0.139. The van der Waals surface area contributed by atoms with Gasteiger partial charge in [-0.15, -0.1) is 0 Å². The lowest BCUT2D eigenvalue weighted by Crippen LogP contribution is -2.27. The van der Waals surface area contributed by atoms with Gasteiger partial charge in [-0.1, -0.05) is 12.1 Å². The summed E-state index contributed by atoms with van der Waals surface area (Å²) in [6, 6.07) is 6.92. The van der Waals surface area contributed by atoms with Crippen molar-refractivity contribution in [3.8, 4) is 5.75 Å². The predicted octanol–water partition coefficient (Wildman–Crippen LogP) is 1.52.